The van der Waals surface area contributed by atoms with Crippen LogP contribution in [0.4, 0.5) is 10.5 Å². The van der Waals surface area contributed by atoms with Gasteiger partial charge < -0.3 is 15.7 Å². The Hall–Kier alpha value is -2.93. The summed E-state index contributed by atoms with van der Waals surface area (Å²) < 4.78 is 1.58. The maximum Gasteiger partial charge on any atom is 0.319 e. The Kier molecular flexibility index (Phi) is 4.43. The molecule has 7 nitrogen and oxygen atoms in total. The average molecular weight is 325 g/mol. The molecule has 3 aromatic rings. The Morgan fingerprint density at radius 2 is 2.12 bits per heavy atom. The van der Waals surface area contributed by atoms with E-state index in [0.29, 0.717) is 16.9 Å². The lowest BCUT2D eigenvalue weighted by Crippen LogP contribution is -2.39. The quantitative estimate of drug-likeness (QED) is 0.686. The summed E-state index contributed by atoms with van der Waals surface area (Å²) in [4.78, 5) is 16.1. The van der Waals surface area contributed by atoms with Crippen LogP contribution in [-0.2, 0) is 0 Å². The number of aryl methyl sites for hydroxylation is 1. The highest BCUT2D eigenvalue weighted by Gasteiger charge is 2.19. The second kappa shape index (κ2) is 6.67. The Morgan fingerprint density at radius 1 is 1.29 bits per heavy atom. The number of nitrogens with zero attached hydrogens (tertiary/aromatic N) is 3. The van der Waals surface area contributed by atoms with Crippen LogP contribution >= 0.6 is 0 Å². The third kappa shape index (κ3) is 3.52. The number of aliphatic hydroxyl groups is 1. The van der Waals surface area contributed by atoms with E-state index in [4.69, 9.17) is 0 Å². The van der Waals surface area contributed by atoms with Crippen LogP contribution in [0.25, 0.3) is 5.65 Å². The van der Waals surface area contributed by atoms with Crippen LogP contribution in [0.1, 0.15) is 24.2 Å². The van der Waals surface area contributed by atoms with E-state index in [9.17, 15) is 9.90 Å². The highest BCUT2D eigenvalue weighted by atomic mass is 16.3. The van der Waals surface area contributed by atoms with Crippen molar-refractivity contribution in [2.75, 3.05) is 5.32 Å². The lowest BCUT2D eigenvalue weighted by molar-refractivity contribution is 0.138. The number of carbonyl (C=O) groups is 1. The van der Waals surface area contributed by atoms with Crippen LogP contribution in [0.5, 0.6) is 0 Å². The van der Waals surface area contributed by atoms with Crippen LogP contribution < -0.4 is 10.6 Å². The minimum atomic E-state index is -0.859. The summed E-state index contributed by atoms with van der Waals surface area (Å²) in [6, 6.07) is 10.2. The van der Waals surface area contributed by atoms with E-state index >= 15 is 0 Å². The second-order valence-corrected chi connectivity index (χ2v) is 5.73. The van der Waals surface area contributed by atoms with Gasteiger partial charge in [-0.15, -0.1) is 0 Å². The van der Waals surface area contributed by atoms with E-state index in [1.165, 1.54) is 6.33 Å². The van der Waals surface area contributed by atoms with Crippen molar-refractivity contribution in [3.63, 3.8) is 0 Å². The third-order valence-corrected chi connectivity index (χ3v) is 3.75. The summed E-state index contributed by atoms with van der Waals surface area (Å²) in [6.07, 6.45) is 2.29. The van der Waals surface area contributed by atoms with Gasteiger partial charge in [-0.25, -0.2) is 14.3 Å². The van der Waals surface area contributed by atoms with E-state index in [1.54, 1.807) is 29.8 Å². The normalized spacial score (nSPS) is 13.5. The molecular weight excluding hydrogens is 306 g/mol. The molecule has 0 saturated carbocycles. The fraction of sp³-hybridized carbons (Fsp3) is 0.235. The molecule has 0 bridgehead atoms. The van der Waals surface area contributed by atoms with Gasteiger partial charge in [0.2, 0.25) is 0 Å². The van der Waals surface area contributed by atoms with Gasteiger partial charge in [0.15, 0.2) is 5.65 Å². The van der Waals surface area contributed by atoms with Crippen molar-refractivity contribution in [1.82, 2.24) is 19.9 Å². The number of hydrogen-bond donors (Lipinski definition) is 3. The minimum Gasteiger partial charge on any atom is -0.386 e. The molecule has 1 aromatic carbocycles. The molecule has 0 spiro atoms. The maximum absolute atomic E-state index is 12.1. The molecule has 24 heavy (non-hydrogen) atoms. The highest BCUT2D eigenvalue weighted by Crippen LogP contribution is 2.17. The zero-order valence-corrected chi connectivity index (χ0v) is 13.5. The molecule has 3 N–H and O–H groups in total. The molecule has 2 atom stereocenters. The van der Waals surface area contributed by atoms with Gasteiger partial charge in [0.05, 0.1) is 6.04 Å². The molecule has 0 radical (unpaired) electrons. The van der Waals surface area contributed by atoms with E-state index < -0.39 is 12.1 Å². The van der Waals surface area contributed by atoms with Gasteiger partial charge >= 0.3 is 6.03 Å². The van der Waals surface area contributed by atoms with Gasteiger partial charge in [-0.1, -0.05) is 18.2 Å². The number of rotatable bonds is 4. The first-order valence-corrected chi connectivity index (χ1v) is 7.64. The average Bonchev–Trinajstić information content (AvgIpc) is 3.01. The van der Waals surface area contributed by atoms with Crippen molar-refractivity contribution < 1.29 is 9.90 Å². The number of benzene rings is 1. The molecule has 3 rings (SSSR count). The fourth-order valence-electron chi connectivity index (χ4n) is 2.47. The van der Waals surface area contributed by atoms with Crippen molar-refractivity contribution in [2.45, 2.75) is 26.0 Å². The van der Waals surface area contributed by atoms with E-state index in [0.717, 1.165) is 5.56 Å². The van der Waals surface area contributed by atoms with Crippen LogP contribution in [-0.4, -0.2) is 31.8 Å². The molecule has 0 aliphatic carbocycles. The predicted molar refractivity (Wildman–Crippen MR) is 90.7 cm³/mol. The molecule has 124 valence electrons. The number of aromatic nitrogens is 3. The molecule has 2 heterocycles. The lowest BCUT2D eigenvalue weighted by Gasteiger charge is -2.21. The monoisotopic (exact) mass is 325 g/mol. The second-order valence-electron chi connectivity index (χ2n) is 5.73. The van der Waals surface area contributed by atoms with Gasteiger partial charge in [0.1, 0.15) is 12.4 Å². The van der Waals surface area contributed by atoms with Crippen LogP contribution in [0, 0.1) is 6.92 Å². The number of nitrogens with one attached hydrogen (secondary N) is 2. The SMILES string of the molecule is Cc1cccc(NC(=O)N[C@@H](C)[C@@H](O)c2ccc3ncnn3c2)c1. The lowest BCUT2D eigenvalue weighted by atomic mass is 10.1. The topological polar surface area (TPSA) is 91.5 Å². The number of anilines is 1. The Balaban J connectivity index is 1.64. The summed E-state index contributed by atoms with van der Waals surface area (Å²) in [5, 5.41) is 20.0. The van der Waals surface area contributed by atoms with E-state index in [1.807, 2.05) is 31.2 Å². The van der Waals surface area contributed by atoms with Crippen molar-refractivity contribution in [3.8, 4) is 0 Å². The number of amides is 2. The summed E-state index contributed by atoms with van der Waals surface area (Å²) in [6.45, 7) is 3.70. The van der Waals surface area contributed by atoms with Crippen LogP contribution in [0.15, 0.2) is 48.9 Å². The van der Waals surface area contributed by atoms with Crippen molar-refractivity contribution in [3.05, 3.63) is 60.0 Å². The van der Waals surface area contributed by atoms with Crippen molar-refractivity contribution in [1.29, 1.82) is 0 Å². The van der Waals surface area contributed by atoms with E-state index in [-0.39, 0.29) is 6.03 Å². The molecule has 2 aromatic heterocycles. The first-order chi connectivity index (χ1) is 11.5. The first kappa shape index (κ1) is 15.9. The standard InChI is InChI=1S/C17H19N5O2/c1-11-4-3-5-14(8-11)21-17(24)20-12(2)16(23)13-6-7-15-18-10-19-22(15)9-13/h3-10,12,16,23H,1-2H3,(H2,20,21,24)/t12-,16+/m0/s1. The summed E-state index contributed by atoms with van der Waals surface area (Å²) in [5.41, 5.74) is 3.11. The molecule has 7 heteroatoms. The predicted octanol–water partition coefficient (Wildman–Crippen LogP) is 2.28. The van der Waals surface area contributed by atoms with Crippen molar-refractivity contribution in [2.24, 2.45) is 0 Å². The fourth-order valence-corrected chi connectivity index (χ4v) is 2.47. The van der Waals surface area contributed by atoms with Gasteiger partial charge in [-0.3, -0.25) is 0 Å². The Bertz CT molecular complexity index is 861. The Labute approximate surface area is 139 Å². The number of aliphatic hydroxyl groups excluding tert-OH is 1. The first-order valence-electron chi connectivity index (χ1n) is 7.64. The Morgan fingerprint density at radius 3 is 2.92 bits per heavy atom. The minimum absolute atomic E-state index is 0.367. The zero-order valence-electron chi connectivity index (χ0n) is 13.5. The number of urea groups is 1. The molecule has 0 aliphatic heterocycles. The van der Waals surface area contributed by atoms with Gasteiger partial charge in [-0.2, -0.15) is 5.10 Å². The molecule has 0 saturated heterocycles. The molecule has 0 fully saturated rings. The molecule has 2 amide bonds. The molecule has 0 unspecified atom stereocenters. The molecule has 0 aliphatic rings. The summed E-state index contributed by atoms with van der Waals surface area (Å²) >= 11 is 0. The number of pyridine rings is 1. The molecular formula is C17H19N5O2. The number of carbonyl (C=O) groups excluding carboxylic acids is 1. The number of fused-ring (bicyclic) bond motifs is 1. The third-order valence-electron chi connectivity index (χ3n) is 3.75. The van der Waals surface area contributed by atoms with Gasteiger partial charge in [-0.05, 0) is 37.6 Å². The van der Waals surface area contributed by atoms with Gasteiger partial charge in [0, 0.05) is 17.4 Å². The van der Waals surface area contributed by atoms with E-state index in [2.05, 4.69) is 20.7 Å². The van der Waals surface area contributed by atoms with Gasteiger partial charge in [0.25, 0.3) is 0 Å². The van der Waals surface area contributed by atoms with Crippen LogP contribution in [0.3, 0.4) is 0 Å². The smallest absolute Gasteiger partial charge is 0.319 e. The summed E-state index contributed by atoms with van der Waals surface area (Å²) in [7, 11) is 0. The highest BCUT2D eigenvalue weighted by molar-refractivity contribution is 5.89. The van der Waals surface area contributed by atoms with Crippen LogP contribution in [0.2, 0.25) is 0 Å². The largest absolute Gasteiger partial charge is 0.386 e. The maximum atomic E-state index is 12.1. The van der Waals surface area contributed by atoms with Crippen molar-refractivity contribution >= 4 is 17.4 Å². The number of hydrogen-bond acceptors (Lipinski definition) is 4. The zero-order chi connectivity index (χ0) is 17.1. The summed E-state index contributed by atoms with van der Waals surface area (Å²) in [5.74, 6) is 0.